The van der Waals surface area contributed by atoms with E-state index >= 15 is 0 Å². The molecule has 2 aromatic carbocycles. The Morgan fingerprint density at radius 1 is 0.800 bits per heavy atom. The first-order valence-electron chi connectivity index (χ1n) is 10.6. The van der Waals surface area contributed by atoms with Crippen molar-refractivity contribution in [3.8, 4) is 0 Å². The van der Waals surface area contributed by atoms with Crippen LogP contribution in [0.5, 0.6) is 0 Å². The number of allylic oxidation sites excluding steroid dienone is 1. The first-order chi connectivity index (χ1) is 14.6. The van der Waals surface area contributed by atoms with Crippen LogP contribution in [0.4, 0.5) is 0 Å². The average Bonchev–Trinajstić information content (AvgIpc) is 2.74. The molecule has 30 heavy (non-hydrogen) atoms. The van der Waals surface area contributed by atoms with Crippen molar-refractivity contribution in [2.24, 2.45) is 23.7 Å². The van der Waals surface area contributed by atoms with Gasteiger partial charge in [0.15, 0.2) is 0 Å². The van der Waals surface area contributed by atoms with Gasteiger partial charge in [-0.05, 0) is 96.4 Å². The zero-order valence-electron chi connectivity index (χ0n) is 16.8. The highest BCUT2D eigenvalue weighted by atomic mass is 33.1. The third-order valence-corrected chi connectivity index (χ3v) is 13.1. The van der Waals surface area contributed by atoms with Crippen LogP contribution in [-0.2, 0) is 8.87 Å². The molecule has 4 bridgehead atoms. The maximum absolute atomic E-state index is 12.7. The van der Waals surface area contributed by atoms with Gasteiger partial charge in [-0.1, -0.05) is 48.2 Å². The van der Waals surface area contributed by atoms with Crippen LogP contribution in [0, 0.1) is 23.7 Å². The standard InChI is InChI=1S/C24H26O2S4/c25-30(26,22-9-5-2-6-10-22)28-16-27-24(29-21-7-3-1-4-8-21)23-19-12-17-11-18(14-19)15-20(23)13-17/h1-10,17-20H,11-16H2. The predicted molar refractivity (Wildman–Crippen MR) is 130 cm³/mol. The quantitative estimate of drug-likeness (QED) is 0.240. The lowest BCUT2D eigenvalue weighted by molar-refractivity contribution is 0.0698. The van der Waals surface area contributed by atoms with E-state index in [0.29, 0.717) is 9.98 Å². The Bertz CT molecular complexity index is 986. The zero-order valence-corrected chi connectivity index (χ0v) is 20.0. The van der Waals surface area contributed by atoms with Gasteiger partial charge >= 0.3 is 0 Å². The minimum Gasteiger partial charge on any atom is -0.212 e. The van der Waals surface area contributed by atoms with Gasteiger partial charge in [-0.3, -0.25) is 0 Å². The Hall–Kier alpha value is -0.820. The van der Waals surface area contributed by atoms with E-state index in [-0.39, 0.29) is 0 Å². The van der Waals surface area contributed by atoms with Crippen molar-refractivity contribution in [1.29, 1.82) is 0 Å². The minimum absolute atomic E-state index is 0.398. The molecule has 0 radical (unpaired) electrons. The molecule has 4 fully saturated rings. The molecule has 0 N–H and O–H groups in total. The number of thioether (sulfide) groups is 2. The maximum Gasteiger partial charge on any atom is 0.230 e. The largest absolute Gasteiger partial charge is 0.230 e. The van der Waals surface area contributed by atoms with Gasteiger partial charge in [-0.15, -0.1) is 11.8 Å². The Kier molecular flexibility index (Phi) is 6.29. The lowest BCUT2D eigenvalue weighted by Gasteiger charge is -2.52. The van der Waals surface area contributed by atoms with Crippen molar-refractivity contribution in [3.05, 3.63) is 70.5 Å². The number of hydrogen-bond donors (Lipinski definition) is 0. The molecule has 2 nitrogen and oxygen atoms in total. The van der Waals surface area contributed by atoms with Crippen LogP contribution < -0.4 is 0 Å². The Labute approximate surface area is 192 Å². The molecule has 158 valence electrons. The molecular weight excluding hydrogens is 449 g/mol. The van der Waals surface area contributed by atoms with Crippen molar-refractivity contribution in [2.45, 2.75) is 41.9 Å². The second-order valence-electron chi connectivity index (χ2n) is 8.61. The van der Waals surface area contributed by atoms with Crippen LogP contribution in [0.25, 0.3) is 0 Å². The fourth-order valence-electron chi connectivity index (χ4n) is 5.59. The first-order valence-corrected chi connectivity index (χ1v) is 15.4. The van der Waals surface area contributed by atoms with E-state index in [2.05, 4.69) is 30.3 Å². The molecule has 0 heterocycles. The molecule has 0 aromatic heterocycles. The van der Waals surface area contributed by atoms with E-state index in [1.54, 1.807) is 41.6 Å². The number of rotatable bonds is 7. The minimum atomic E-state index is -3.32. The van der Waals surface area contributed by atoms with E-state index in [1.807, 2.05) is 17.8 Å². The summed E-state index contributed by atoms with van der Waals surface area (Å²) >= 11 is 3.59. The summed E-state index contributed by atoms with van der Waals surface area (Å²) in [5, 5.41) is 0.530. The predicted octanol–water partition coefficient (Wildman–Crippen LogP) is 7.26. The van der Waals surface area contributed by atoms with Crippen LogP contribution in [0.2, 0.25) is 0 Å². The van der Waals surface area contributed by atoms with Crippen LogP contribution in [-0.4, -0.2) is 13.5 Å². The zero-order chi connectivity index (χ0) is 20.6. The average molecular weight is 475 g/mol. The van der Waals surface area contributed by atoms with Crippen molar-refractivity contribution in [1.82, 2.24) is 0 Å². The van der Waals surface area contributed by atoms with Gasteiger partial charge in [0.1, 0.15) is 0 Å². The van der Waals surface area contributed by atoms with Crippen LogP contribution in [0.1, 0.15) is 32.1 Å². The monoisotopic (exact) mass is 474 g/mol. The van der Waals surface area contributed by atoms with E-state index in [1.165, 1.54) is 41.2 Å². The summed E-state index contributed by atoms with van der Waals surface area (Å²) in [6.07, 6.45) is 6.82. The van der Waals surface area contributed by atoms with E-state index < -0.39 is 8.87 Å². The molecule has 6 rings (SSSR count). The van der Waals surface area contributed by atoms with E-state index in [9.17, 15) is 8.42 Å². The molecule has 0 unspecified atom stereocenters. The summed E-state index contributed by atoms with van der Waals surface area (Å²) in [6, 6.07) is 19.3. The normalized spacial score (nSPS) is 27.4. The fraction of sp³-hybridized carbons (Fsp3) is 0.417. The van der Waals surface area contributed by atoms with E-state index in [4.69, 9.17) is 0 Å². The van der Waals surface area contributed by atoms with Crippen LogP contribution in [0.15, 0.2) is 80.3 Å². The maximum atomic E-state index is 12.7. The van der Waals surface area contributed by atoms with E-state index in [0.717, 1.165) is 34.5 Å². The van der Waals surface area contributed by atoms with Crippen molar-refractivity contribution >= 4 is 43.2 Å². The SMILES string of the molecule is O=S(=O)(SCSC(Sc1ccccc1)=C1C2CC3CC(C2)CC1C3)c1ccccc1. The highest BCUT2D eigenvalue weighted by Gasteiger charge is 2.46. The van der Waals surface area contributed by atoms with Crippen molar-refractivity contribution < 1.29 is 8.42 Å². The summed E-state index contributed by atoms with van der Waals surface area (Å²) in [7, 11) is -2.26. The Balaban J connectivity index is 1.37. The summed E-state index contributed by atoms with van der Waals surface area (Å²) in [4.78, 5) is 1.65. The number of hydrogen-bond acceptors (Lipinski definition) is 5. The summed E-state index contributed by atoms with van der Waals surface area (Å²) in [5.74, 6) is 3.29. The second-order valence-corrected chi connectivity index (χ2v) is 15.2. The van der Waals surface area contributed by atoms with Gasteiger partial charge in [0, 0.05) is 9.13 Å². The van der Waals surface area contributed by atoms with Gasteiger partial charge in [-0.2, -0.15) is 0 Å². The third-order valence-electron chi connectivity index (χ3n) is 6.63. The molecule has 4 aliphatic rings. The molecule has 0 saturated heterocycles. The summed E-state index contributed by atoms with van der Waals surface area (Å²) < 4.78 is 26.8. The fourth-order valence-corrected chi connectivity index (χ4v) is 12.1. The van der Waals surface area contributed by atoms with Gasteiger partial charge in [0.25, 0.3) is 0 Å². The first kappa shape index (κ1) is 21.0. The van der Waals surface area contributed by atoms with Gasteiger partial charge in [0.05, 0.1) is 9.98 Å². The molecule has 4 aliphatic carbocycles. The molecule has 0 spiro atoms. The Morgan fingerprint density at radius 2 is 1.37 bits per heavy atom. The molecule has 4 saturated carbocycles. The molecule has 2 aromatic rings. The second kappa shape index (κ2) is 8.97. The Morgan fingerprint density at radius 3 is 1.97 bits per heavy atom. The van der Waals surface area contributed by atoms with Gasteiger partial charge in [-0.25, -0.2) is 8.42 Å². The smallest absolute Gasteiger partial charge is 0.212 e. The highest BCUT2D eigenvalue weighted by molar-refractivity contribution is 8.73. The molecule has 0 amide bonds. The highest BCUT2D eigenvalue weighted by Crippen LogP contribution is 2.59. The lowest BCUT2D eigenvalue weighted by atomic mass is 9.54. The van der Waals surface area contributed by atoms with Gasteiger partial charge < -0.3 is 0 Å². The molecule has 0 aliphatic heterocycles. The van der Waals surface area contributed by atoms with Crippen molar-refractivity contribution in [3.63, 3.8) is 0 Å². The molecule has 0 atom stereocenters. The summed E-state index contributed by atoms with van der Waals surface area (Å²) in [5.41, 5.74) is 1.65. The topological polar surface area (TPSA) is 34.1 Å². The van der Waals surface area contributed by atoms with Crippen LogP contribution >= 0.6 is 34.3 Å². The lowest BCUT2D eigenvalue weighted by Crippen LogP contribution is -2.40. The van der Waals surface area contributed by atoms with Crippen molar-refractivity contribution in [2.75, 3.05) is 5.08 Å². The third kappa shape index (κ3) is 4.52. The molecular formula is C24H26O2S4. The number of benzene rings is 2. The summed E-state index contributed by atoms with van der Waals surface area (Å²) in [6.45, 7) is 0. The van der Waals surface area contributed by atoms with Gasteiger partial charge in [0.2, 0.25) is 8.87 Å². The molecule has 6 heteroatoms. The van der Waals surface area contributed by atoms with Crippen LogP contribution in [0.3, 0.4) is 0 Å².